The molecule has 1 aromatic rings. The van der Waals surface area contributed by atoms with Gasteiger partial charge in [-0.3, -0.25) is 0 Å². The van der Waals surface area contributed by atoms with Crippen molar-refractivity contribution in [3.8, 4) is 0 Å². The molecule has 0 saturated carbocycles. The topological polar surface area (TPSA) is 68.1 Å². The van der Waals surface area contributed by atoms with Gasteiger partial charge in [0.1, 0.15) is 0 Å². The maximum atomic E-state index is 12.7. The van der Waals surface area contributed by atoms with E-state index in [-0.39, 0.29) is 9.63 Å². The van der Waals surface area contributed by atoms with Crippen molar-refractivity contribution in [2.24, 2.45) is 13.0 Å². The average molecular weight is 365 g/mol. The number of rotatable bonds is 4. The summed E-state index contributed by atoms with van der Waals surface area (Å²) in [7, 11) is -1.92. The number of halogens is 1. The number of aryl methyl sites for hydroxylation is 1. The quantitative estimate of drug-likeness (QED) is 0.820. The zero-order valence-electron chi connectivity index (χ0n) is 11.9. The van der Waals surface area contributed by atoms with Gasteiger partial charge in [0, 0.05) is 20.1 Å². The van der Waals surface area contributed by atoms with Crippen LogP contribution in [0.25, 0.3) is 0 Å². The fraction of sp³-hybridized carbons (Fsp3) is 0.833. The van der Waals surface area contributed by atoms with E-state index in [1.165, 1.54) is 11.1 Å². The summed E-state index contributed by atoms with van der Waals surface area (Å²) in [4.78, 5) is 0. The highest BCUT2D eigenvalue weighted by Crippen LogP contribution is 2.27. The summed E-state index contributed by atoms with van der Waals surface area (Å²) in [6, 6.07) is 0. The van der Waals surface area contributed by atoms with Gasteiger partial charge in [-0.15, -0.1) is 5.10 Å². The lowest BCUT2D eigenvalue weighted by Gasteiger charge is -2.20. The molecule has 2 rings (SSSR count). The van der Waals surface area contributed by atoms with Crippen LogP contribution in [-0.2, 0) is 17.1 Å². The SMILES string of the molecule is CCCC1CCCN(S(=O)(=O)c2c(Br)nnn2C)CC1. The van der Waals surface area contributed by atoms with E-state index in [4.69, 9.17) is 0 Å². The Labute approximate surface area is 128 Å². The Morgan fingerprint density at radius 2 is 2.10 bits per heavy atom. The first-order chi connectivity index (χ1) is 9.46. The molecule has 0 spiro atoms. The van der Waals surface area contributed by atoms with Crippen LogP contribution in [-0.4, -0.2) is 40.8 Å². The van der Waals surface area contributed by atoms with Crippen molar-refractivity contribution < 1.29 is 8.42 Å². The molecule has 0 aromatic carbocycles. The summed E-state index contributed by atoms with van der Waals surface area (Å²) in [6.07, 6.45) is 5.33. The second-order valence-electron chi connectivity index (χ2n) is 5.30. The fourth-order valence-electron chi connectivity index (χ4n) is 2.80. The maximum absolute atomic E-state index is 12.7. The van der Waals surface area contributed by atoms with Gasteiger partial charge in [0.05, 0.1) is 0 Å². The highest BCUT2D eigenvalue weighted by atomic mass is 79.9. The van der Waals surface area contributed by atoms with Crippen molar-refractivity contribution in [3.05, 3.63) is 4.60 Å². The molecule has 1 aliphatic rings. The van der Waals surface area contributed by atoms with Gasteiger partial charge in [0.2, 0.25) is 5.03 Å². The normalized spacial score (nSPS) is 21.9. The predicted molar refractivity (Wildman–Crippen MR) is 79.7 cm³/mol. The van der Waals surface area contributed by atoms with Crippen LogP contribution in [0.4, 0.5) is 0 Å². The molecule has 1 aliphatic heterocycles. The Balaban J connectivity index is 2.18. The number of hydrogen-bond donors (Lipinski definition) is 0. The fourth-order valence-corrected chi connectivity index (χ4v) is 5.32. The van der Waals surface area contributed by atoms with Gasteiger partial charge in [-0.2, -0.15) is 4.31 Å². The summed E-state index contributed by atoms with van der Waals surface area (Å²) in [5, 5.41) is 7.67. The lowest BCUT2D eigenvalue weighted by molar-refractivity contribution is 0.396. The lowest BCUT2D eigenvalue weighted by Crippen LogP contribution is -2.33. The Morgan fingerprint density at radius 1 is 1.35 bits per heavy atom. The summed E-state index contributed by atoms with van der Waals surface area (Å²) in [6.45, 7) is 3.35. The molecule has 0 radical (unpaired) electrons. The molecule has 0 amide bonds. The minimum Gasteiger partial charge on any atom is -0.235 e. The molecule has 6 nitrogen and oxygen atoms in total. The van der Waals surface area contributed by atoms with Gasteiger partial charge in [-0.25, -0.2) is 13.1 Å². The van der Waals surface area contributed by atoms with E-state index in [9.17, 15) is 8.42 Å². The summed E-state index contributed by atoms with van der Waals surface area (Å²) < 4.78 is 28.6. The van der Waals surface area contributed by atoms with Crippen LogP contribution in [0.3, 0.4) is 0 Å². The number of nitrogens with zero attached hydrogens (tertiary/aromatic N) is 4. The number of aromatic nitrogens is 3. The van der Waals surface area contributed by atoms with Gasteiger partial charge in [-0.1, -0.05) is 25.0 Å². The zero-order valence-corrected chi connectivity index (χ0v) is 14.3. The Hall–Kier alpha value is -0.470. The second-order valence-corrected chi connectivity index (χ2v) is 7.90. The highest BCUT2D eigenvalue weighted by Gasteiger charge is 2.32. The minimum atomic E-state index is -3.52. The number of sulfonamides is 1. The van der Waals surface area contributed by atoms with Crippen LogP contribution in [0.5, 0.6) is 0 Å². The molecule has 20 heavy (non-hydrogen) atoms. The van der Waals surface area contributed by atoms with E-state index in [2.05, 4.69) is 33.2 Å². The largest absolute Gasteiger partial charge is 0.263 e. The standard InChI is InChI=1S/C12H21BrN4O2S/c1-3-5-10-6-4-8-17(9-7-10)20(18,19)12-11(13)14-15-16(12)2/h10H,3-9H2,1-2H3. The van der Waals surface area contributed by atoms with Crippen molar-refractivity contribution in [3.63, 3.8) is 0 Å². The molecule has 1 saturated heterocycles. The first kappa shape index (κ1) is 15.9. The summed E-state index contributed by atoms with van der Waals surface area (Å²) in [5.41, 5.74) is 0. The molecule has 0 aliphatic carbocycles. The molecular formula is C12H21BrN4O2S. The molecule has 8 heteroatoms. The molecule has 0 bridgehead atoms. The van der Waals surface area contributed by atoms with Crippen LogP contribution < -0.4 is 0 Å². The Morgan fingerprint density at radius 3 is 2.70 bits per heavy atom. The first-order valence-corrected chi connectivity index (χ1v) is 9.25. The van der Waals surface area contributed by atoms with E-state index >= 15 is 0 Å². The van der Waals surface area contributed by atoms with E-state index in [0.717, 1.165) is 25.7 Å². The van der Waals surface area contributed by atoms with Gasteiger partial charge in [-0.05, 0) is 41.1 Å². The number of hydrogen-bond acceptors (Lipinski definition) is 4. The van der Waals surface area contributed by atoms with Crippen LogP contribution in [0.1, 0.15) is 39.0 Å². The molecule has 1 atom stereocenters. The van der Waals surface area contributed by atoms with E-state index in [0.29, 0.717) is 19.0 Å². The van der Waals surface area contributed by atoms with Crippen molar-refractivity contribution in [1.82, 2.24) is 19.3 Å². The minimum absolute atomic E-state index is 0.145. The van der Waals surface area contributed by atoms with Crippen LogP contribution in [0, 0.1) is 5.92 Å². The van der Waals surface area contributed by atoms with Crippen LogP contribution >= 0.6 is 15.9 Å². The lowest BCUT2D eigenvalue weighted by atomic mass is 9.96. The Kier molecular flexibility index (Phi) is 5.19. The summed E-state index contributed by atoms with van der Waals surface area (Å²) in [5.74, 6) is 0.647. The van der Waals surface area contributed by atoms with E-state index in [1.54, 1.807) is 11.4 Å². The molecule has 1 unspecified atom stereocenters. The average Bonchev–Trinajstić information content (AvgIpc) is 2.62. The van der Waals surface area contributed by atoms with Gasteiger partial charge >= 0.3 is 0 Å². The zero-order chi connectivity index (χ0) is 14.8. The van der Waals surface area contributed by atoms with Crippen LogP contribution in [0.2, 0.25) is 0 Å². The molecular weight excluding hydrogens is 344 g/mol. The van der Waals surface area contributed by atoms with Gasteiger partial charge < -0.3 is 0 Å². The maximum Gasteiger partial charge on any atom is 0.263 e. The smallest absolute Gasteiger partial charge is 0.235 e. The van der Waals surface area contributed by atoms with E-state index in [1.807, 2.05) is 0 Å². The van der Waals surface area contributed by atoms with Gasteiger partial charge in [0.25, 0.3) is 10.0 Å². The Bertz CT molecular complexity index is 538. The third-order valence-electron chi connectivity index (χ3n) is 3.82. The van der Waals surface area contributed by atoms with Gasteiger partial charge in [0.15, 0.2) is 4.60 Å². The molecule has 2 heterocycles. The molecule has 0 N–H and O–H groups in total. The van der Waals surface area contributed by atoms with E-state index < -0.39 is 10.0 Å². The first-order valence-electron chi connectivity index (χ1n) is 7.02. The molecule has 1 aromatic heterocycles. The molecule has 1 fully saturated rings. The third-order valence-corrected chi connectivity index (χ3v) is 6.61. The third kappa shape index (κ3) is 3.23. The second kappa shape index (κ2) is 6.53. The van der Waals surface area contributed by atoms with Crippen molar-refractivity contribution in [2.75, 3.05) is 13.1 Å². The predicted octanol–water partition coefficient (Wildman–Crippen LogP) is 2.17. The van der Waals surface area contributed by atoms with Crippen molar-refractivity contribution in [2.45, 2.75) is 44.1 Å². The monoisotopic (exact) mass is 364 g/mol. The van der Waals surface area contributed by atoms with Crippen molar-refractivity contribution >= 4 is 26.0 Å². The van der Waals surface area contributed by atoms with Crippen LogP contribution in [0.15, 0.2) is 9.63 Å². The van der Waals surface area contributed by atoms with Crippen molar-refractivity contribution in [1.29, 1.82) is 0 Å². The summed E-state index contributed by atoms with van der Waals surface area (Å²) >= 11 is 3.18. The highest BCUT2D eigenvalue weighted by molar-refractivity contribution is 9.10. The molecule has 114 valence electrons.